The lowest BCUT2D eigenvalue weighted by atomic mass is 9.50. The summed E-state index contributed by atoms with van der Waals surface area (Å²) in [7, 11) is 1.67. The second-order valence-corrected chi connectivity index (χ2v) is 14.0. The van der Waals surface area contributed by atoms with E-state index in [-0.39, 0.29) is 17.6 Å². The van der Waals surface area contributed by atoms with Crippen LogP contribution >= 0.6 is 0 Å². The molecule has 1 N–H and O–H groups in total. The standard InChI is InChI=1S/C36H54N2O4/c1-4-6-12-21-38(32(40)16-11-10-15-25-13-8-7-9-14-25)28-18-17-27-29-23-26-30(39)24-31(41-3)34-33(26)36(27,35(28)42-34)19-22-37(29)20-5-2/h5,24-25,27-29,35,39H,2,4,6-23H2,1,3H3/t27-,28-,29+,35-,36-/m0/s1. The molecular formula is C36H54N2O4. The minimum atomic E-state index is -0.190. The number of unbranched alkanes of at least 4 members (excludes halogenated alkanes) is 3. The van der Waals surface area contributed by atoms with Crippen LogP contribution in [0.3, 0.4) is 0 Å². The third-order valence-corrected chi connectivity index (χ3v) is 11.8. The third-order valence-electron chi connectivity index (χ3n) is 11.8. The van der Waals surface area contributed by atoms with Gasteiger partial charge in [-0.05, 0) is 56.9 Å². The van der Waals surface area contributed by atoms with Crippen LogP contribution in [0.25, 0.3) is 0 Å². The molecule has 2 heterocycles. The molecule has 0 aromatic heterocycles. The average molecular weight is 579 g/mol. The van der Waals surface area contributed by atoms with Gasteiger partial charge in [0.25, 0.3) is 0 Å². The van der Waals surface area contributed by atoms with Crippen LogP contribution in [0.15, 0.2) is 18.7 Å². The van der Waals surface area contributed by atoms with Crippen molar-refractivity contribution in [2.75, 3.05) is 26.7 Å². The van der Waals surface area contributed by atoms with Gasteiger partial charge >= 0.3 is 0 Å². The molecule has 0 radical (unpaired) electrons. The number of phenols is 1. The summed E-state index contributed by atoms with van der Waals surface area (Å²) in [6.45, 7) is 8.95. The van der Waals surface area contributed by atoms with Gasteiger partial charge < -0.3 is 19.5 Å². The number of ether oxygens (including phenoxy) is 2. The van der Waals surface area contributed by atoms with Crippen LogP contribution in [-0.4, -0.2) is 65.7 Å². The van der Waals surface area contributed by atoms with E-state index in [9.17, 15) is 9.90 Å². The molecule has 1 spiro atoms. The van der Waals surface area contributed by atoms with E-state index in [1.807, 2.05) is 6.08 Å². The van der Waals surface area contributed by atoms with Crippen molar-refractivity contribution in [2.45, 2.75) is 133 Å². The number of methoxy groups -OCH3 is 1. The fraction of sp³-hybridized carbons (Fsp3) is 0.750. The van der Waals surface area contributed by atoms with E-state index in [1.165, 1.54) is 50.5 Å². The third kappa shape index (κ3) is 5.14. The van der Waals surface area contributed by atoms with Crippen LogP contribution in [0.5, 0.6) is 17.2 Å². The molecule has 3 aliphatic carbocycles. The zero-order chi connectivity index (χ0) is 29.3. The van der Waals surface area contributed by atoms with Gasteiger partial charge in [-0.25, -0.2) is 0 Å². The van der Waals surface area contributed by atoms with Crippen LogP contribution in [-0.2, 0) is 16.6 Å². The fourth-order valence-corrected chi connectivity index (χ4v) is 9.85. The first-order chi connectivity index (χ1) is 20.5. The monoisotopic (exact) mass is 578 g/mol. The van der Waals surface area contributed by atoms with Crippen molar-refractivity contribution in [2.24, 2.45) is 11.8 Å². The lowest BCUT2D eigenvalue weighted by Crippen LogP contribution is -2.69. The smallest absolute Gasteiger partial charge is 0.222 e. The SMILES string of the molecule is C=CCN1CC[C@]23c4c5c(O)cc(OC)c4O[C@H]2[C@@H](N(CCCCC)C(=O)CCCCC2CCCCC2)CC[C@H]3[C@H]1C5. The molecule has 6 nitrogen and oxygen atoms in total. The van der Waals surface area contributed by atoms with Gasteiger partial charge in [-0.3, -0.25) is 9.69 Å². The number of nitrogens with zero attached hydrogens (tertiary/aromatic N) is 2. The van der Waals surface area contributed by atoms with E-state index < -0.39 is 0 Å². The Bertz CT molecular complexity index is 1130. The maximum Gasteiger partial charge on any atom is 0.222 e. The van der Waals surface area contributed by atoms with Crippen molar-refractivity contribution in [3.05, 3.63) is 29.8 Å². The molecule has 1 aromatic carbocycles. The second kappa shape index (κ2) is 12.8. The minimum absolute atomic E-state index is 0.0563. The summed E-state index contributed by atoms with van der Waals surface area (Å²) in [4.78, 5) is 18.9. The Labute approximate surface area is 253 Å². The van der Waals surface area contributed by atoms with Gasteiger partial charge in [-0.1, -0.05) is 70.8 Å². The summed E-state index contributed by atoms with van der Waals surface area (Å²) >= 11 is 0. The average Bonchev–Trinajstić information content (AvgIpc) is 3.35. The lowest BCUT2D eigenvalue weighted by Gasteiger charge is -2.60. The van der Waals surface area contributed by atoms with Gasteiger partial charge in [0, 0.05) is 48.2 Å². The molecule has 6 rings (SSSR count). The van der Waals surface area contributed by atoms with Gasteiger partial charge in [0.05, 0.1) is 13.2 Å². The van der Waals surface area contributed by atoms with Crippen LogP contribution in [0.4, 0.5) is 0 Å². The summed E-state index contributed by atoms with van der Waals surface area (Å²) in [6, 6.07) is 2.16. The number of rotatable bonds is 13. The van der Waals surface area contributed by atoms with Crippen LogP contribution in [0, 0.1) is 11.8 Å². The maximum atomic E-state index is 14.1. The van der Waals surface area contributed by atoms with Crippen LogP contribution in [0.2, 0.25) is 0 Å². The number of aromatic hydroxyl groups is 1. The Morgan fingerprint density at radius 1 is 1.19 bits per heavy atom. The first-order valence-electron chi connectivity index (χ1n) is 17.3. The predicted octanol–water partition coefficient (Wildman–Crippen LogP) is 7.15. The molecule has 1 amide bonds. The molecule has 1 saturated heterocycles. The normalized spacial score (nSPS) is 30.0. The number of piperidine rings is 1. The van der Waals surface area contributed by atoms with Crippen molar-refractivity contribution >= 4 is 5.91 Å². The Morgan fingerprint density at radius 2 is 2.02 bits per heavy atom. The summed E-state index contributed by atoms with van der Waals surface area (Å²) in [5, 5.41) is 11.3. The number of hydrogen-bond acceptors (Lipinski definition) is 5. The fourth-order valence-electron chi connectivity index (χ4n) is 9.85. The van der Waals surface area contributed by atoms with Gasteiger partial charge in [-0.2, -0.15) is 0 Å². The lowest BCUT2D eigenvalue weighted by molar-refractivity contribution is -0.142. The highest BCUT2D eigenvalue weighted by molar-refractivity contribution is 5.77. The first-order valence-corrected chi connectivity index (χ1v) is 17.3. The summed E-state index contributed by atoms with van der Waals surface area (Å²) in [6.07, 6.45) is 20.2. The van der Waals surface area contributed by atoms with Crippen LogP contribution < -0.4 is 9.47 Å². The summed E-state index contributed by atoms with van der Waals surface area (Å²) < 4.78 is 12.8. The minimum Gasteiger partial charge on any atom is -0.508 e. The van der Waals surface area contributed by atoms with E-state index >= 15 is 0 Å². The number of amides is 1. The van der Waals surface area contributed by atoms with Crippen molar-refractivity contribution < 1.29 is 19.4 Å². The van der Waals surface area contributed by atoms with Crippen molar-refractivity contribution in [3.63, 3.8) is 0 Å². The highest BCUT2D eigenvalue weighted by Gasteiger charge is 2.67. The Kier molecular flexibility index (Phi) is 9.09. The molecule has 0 unspecified atom stereocenters. The Hall–Kier alpha value is -2.21. The van der Waals surface area contributed by atoms with Crippen LogP contribution in [0.1, 0.15) is 114 Å². The second-order valence-electron chi connectivity index (χ2n) is 14.0. The zero-order valence-electron chi connectivity index (χ0n) is 26.2. The number of hydrogen-bond donors (Lipinski definition) is 1. The molecule has 2 aliphatic heterocycles. The Morgan fingerprint density at radius 3 is 2.79 bits per heavy atom. The molecule has 42 heavy (non-hydrogen) atoms. The van der Waals surface area contributed by atoms with E-state index in [0.717, 1.165) is 88.2 Å². The molecule has 5 atom stereocenters. The number of benzene rings is 1. The van der Waals surface area contributed by atoms with Crippen molar-refractivity contribution in [1.29, 1.82) is 0 Å². The number of phenolic OH excluding ortho intramolecular Hbond substituents is 1. The molecular weight excluding hydrogens is 524 g/mol. The van der Waals surface area contributed by atoms with Crippen molar-refractivity contribution in [3.8, 4) is 17.2 Å². The largest absolute Gasteiger partial charge is 0.508 e. The molecule has 3 fully saturated rings. The van der Waals surface area contributed by atoms with E-state index in [2.05, 4.69) is 23.3 Å². The molecule has 2 bridgehead atoms. The van der Waals surface area contributed by atoms with Crippen molar-refractivity contribution in [1.82, 2.24) is 9.80 Å². The molecule has 1 aromatic rings. The highest BCUT2D eigenvalue weighted by atomic mass is 16.5. The topological polar surface area (TPSA) is 62.2 Å². The zero-order valence-corrected chi connectivity index (χ0v) is 26.2. The molecule has 6 heteroatoms. The van der Waals surface area contributed by atoms with E-state index in [0.29, 0.717) is 35.8 Å². The molecule has 232 valence electrons. The van der Waals surface area contributed by atoms with E-state index in [1.54, 1.807) is 13.2 Å². The quantitative estimate of drug-likeness (QED) is 0.199. The number of likely N-dealkylation sites (tertiary alicyclic amines) is 1. The summed E-state index contributed by atoms with van der Waals surface area (Å²) in [5.41, 5.74) is 2.04. The Balaban J connectivity index is 1.28. The number of carbonyl (C=O) groups excluding carboxylic acids is 1. The first kappa shape index (κ1) is 29.8. The van der Waals surface area contributed by atoms with Gasteiger partial charge in [0.15, 0.2) is 11.5 Å². The maximum absolute atomic E-state index is 14.1. The highest BCUT2D eigenvalue weighted by Crippen LogP contribution is 2.65. The summed E-state index contributed by atoms with van der Waals surface area (Å²) in [5.74, 6) is 3.42. The predicted molar refractivity (Wildman–Crippen MR) is 167 cm³/mol. The molecule has 2 saturated carbocycles. The molecule has 5 aliphatic rings. The van der Waals surface area contributed by atoms with Gasteiger partial charge in [-0.15, -0.1) is 6.58 Å². The van der Waals surface area contributed by atoms with E-state index in [4.69, 9.17) is 9.47 Å². The van der Waals surface area contributed by atoms with Gasteiger partial charge in [0.2, 0.25) is 5.91 Å². The van der Waals surface area contributed by atoms with Gasteiger partial charge in [0.1, 0.15) is 11.9 Å². The number of carbonyl (C=O) groups is 1.